The van der Waals surface area contributed by atoms with Crippen molar-refractivity contribution in [3.05, 3.63) is 0 Å². The number of carbonyl (C=O) groups is 2. The monoisotopic (exact) mass is 280 g/mol. The average Bonchev–Trinajstić information content (AvgIpc) is 3.08. The van der Waals surface area contributed by atoms with Gasteiger partial charge in [0.15, 0.2) is 0 Å². The largest absolute Gasteiger partial charge is 0.480 e. The van der Waals surface area contributed by atoms with Crippen LogP contribution in [0.25, 0.3) is 0 Å². The van der Waals surface area contributed by atoms with Gasteiger partial charge < -0.3 is 14.9 Å². The third kappa shape index (κ3) is 2.27. The Labute approximate surface area is 119 Å². The number of carbonyl (C=O) groups excluding carboxylic acids is 1. The summed E-state index contributed by atoms with van der Waals surface area (Å²) >= 11 is 0. The lowest BCUT2D eigenvalue weighted by atomic mass is 9.89. The van der Waals surface area contributed by atoms with E-state index in [1.807, 2.05) is 4.90 Å². The molecule has 3 rings (SSSR count). The van der Waals surface area contributed by atoms with Gasteiger partial charge in [-0.1, -0.05) is 13.3 Å². The van der Waals surface area contributed by atoms with E-state index in [1.165, 1.54) is 6.42 Å². The van der Waals surface area contributed by atoms with Crippen LogP contribution in [0.2, 0.25) is 0 Å². The quantitative estimate of drug-likeness (QED) is 0.843. The van der Waals surface area contributed by atoms with Crippen molar-refractivity contribution in [3.8, 4) is 0 Å². The first-order valence-electron chi connectivity index (χ1n) is 7.90. The predicted octanol–water partition coefficient (Wildman–Crippen LogP) is 2.17. The van der Waals surface area contributed by atoms with Crippen LogP contribution in [0.15, 0.2) is 0 Å². The number of urea groups is 1. The molecule has 4 unspecified atom stereocenters. The highest BCUT2D eigenvalue weighted by Gasteiger charge is 2.44. The van der Waals surface area contributed by atoms with Crippen LogP contribution in [0, 0.1) is 11.8 Å². The molecule has 2 aliphatic heterocycles. The number of hydrogen-bond acceptors (Lipinski definition) is 2. The first-order valence-corrected chi connectivity index (χ1v) is 7.90. The van der Waals surface area contributed by atoms with Gasteiger partial charge in [-0.25, -0.2) is 9.59 Å². The topological polar surface area (TPSA) is 60.9 Å². The van der Waals surface area contributed by atoms with E-state index in [4.69, 9.17) is 0 Å². The van der Waals surface area contributed by atoms with Crippen molar-refractivity contribution in [3.63, 3.8) is 0 Å². The van der Waals surface area contributed by atoms with E-state index in [2.05, 4.69) is 6.92 Å². The summed E-state index contributed by atoms with van der Waals surface area (Å²) in [4.78, 5) is 27.7. The molecule has 112 valence electrons. The number of hydrogen-bond donors (Lipinski definition) is 1. The molecule has 0 aromatic carbocycles. The van der Waals surface area contributed by atoms with Crippen LogP contribution in [-0.2, 0) is 4.79 Å². The summed E-state index contributed by atoms with van der Waals surface area (Å²) in [5.74, 6) is 0.247. The summed E-state index contributed by atoms with van der Waals surface area (Å²) in [5.41, 5.74) is 0. The maximum Gasteiger partial charge on any atom is 0.326 e. The lowest BCUT2D eigenvalue weighted by molar-refractivity contribution is -0.144. The molecule has 0 radical (unpaired) electrons. The minimum Gasteiger partial charge on any atom is -0.480 e. The molecule has 5 nitrogen and oxygen atoms in total. The highest BCUT2D eigenvalue weighted by atomic mass is 16.4. The molecular weight excluding hydrogens is 256 g/mol. The first-order chi connectivity index (χ1) is 9.60. The van der Waals surface area contributed by atoms with Crippen LogP contribution < -0.4 is 0 Å². The fourth-order valence-corrected chi connectivity index (χ4v) is 4.20. The van der Waals surface area contributed by atoms with Crippen LogP contribution in [0.3, 0.4) is 0 Å². The number of aliphatic carboxylic acids is 1. The summed E-state index contributed by atoms with van der Waals surface area (Å²) < 4.78 is 0. The minimum atomic E-state index is -0.846. The second-order valence-corrected chi connectivity index (χ2v) is 6.61. The van der Waals surface area contributed by atoms with Crippen LogP contribution in [0.4, 0.5) is 4.79 Å². The van der Waals surface area contributed by atoms with Gasteiger partial charge in [0.25, 0.3) is 0 Å². The van der Waals surface area contributed by atoms with Crippen molar-refractivity contribution in [1.82, 2.24) is 9.80 Å². The molecule has 1 aliphatic carbocycles. The summed E-state index contributed by atoms with van der Waals surface area (Å²) in [5, 5.41) is 9.43. The van der Waals surface area contributed by atoms with Gasteiger partial charge >= 0.3 is 12.0 Å². The molecule has 3 aliphatic rings. The number of carboxylic acids is 1. The zero-order chi connectivity index (χ0) is 14.3. The summed E-state index contributed by atoms with van der Waals surface area (Å²) in [6, 6.07) is -0.287. The van der Waals surface area contributed by atoms with Gasteiger partial charge in [-0.2, -0.15) is 0 Å². The van der Waals surface area contributed by atoms with Crippen LogP contribution in [0.5, 0.6) is 0 Å². The van der Waals surface area contributed by atoms with Gasteiger partial charge in [-0.3, -0.25) is 0 Å². The number of fused-ring (bicyclic) bond motifs is 2. The number of piperidine rings is 2. The van der Waals surface area contributed by atoms with E-state index in [9.17, 15) is 14.7 Å². The molecule has 5 heteroatoms. The zero-order valence-electron chi connectivity index (χ0n) is 12.1. The maximum atomic E-state index is 12.7. The molecule has 2 saturated heterocycles. The second-order valence-electron chi connectivity index (χ2n) is 6.61. The smallest absolute Gasteiger partial charge is 0.326 e. The highest BCUT2D eigenvalue weighted by Crippen LogP contribution is 2.38. The molecule has 1 saturated carbocycles. The van der Waals surface area contributed by atoms with Gasteiger partial charge in [-0.05, 0) is 43.9 Å². The molecule has 2 bridgehead atoms. The van der Waals surface area contributed by atoms with Gasteiger partial charge in [0, 0.05) is 19.1 Å². The molecule has 2 heterocycles. The molecule has 3 fully saturated rings. The highest BCUT2D eigenvalue weighted by molar-refractivity contribution is 5.83. The Balaban J connectivity index is 1.71. The van der Waals surface area contributed by atoms with E-state index >= 15 is 0 Å². The lowest BCUT2D eigenvalue weighted by Crippen LogP contribution is -2.55. The van der Waals surface area contributed by atoms with Gasteiger partial charge in [-0.15, -0.1) is 0 Å². The Morgan fingerprint density at radius 1 is 1.15 bits per heavy atom. The Morgan fingerprint density at radius 2 is 1.95 bits per heavy atom. The second kappa shape index (κ2) is 5.26. The SMILES string of the molecule is CCC1CCN(C(=O)N2CC3CCC2C3)C(C(=O)O)C1. The molecular formula is C15H24N2O3. The molecule has 2 amide bonds. The van der Waals surface area contributed by atoms with E-state index in [1.54, 1.807) is 4.90 Å². The molecule has 1 N–H and O–H groups in total. The molecule has 0 spiro atoms. The van der Waals surface area contributed by atoms with Gasteiger partial charge in [0.05, 0.1) is 0 Å². The number of carboxylic acid groups (broad SMARTS) is 1. The van der Waals surface area contributed by atoms with E-state index in [-0.39, 0.29) is 6.03 Å². The third-order valence-corrected chi connectivity index (χ3v) is 5.47. The number of likely N-dealkylation sites (tertiary alicyclic amines) is 2. The number of nitrogens with zero attached hydrogens (tertiary/aromatic N) is 2. The third-order valence-electron chi connectivity index (χ3n) is 5.47. The summed E-state index contributed by atoms with van der Waals surface area (Å²) in [6.07, 6.45) is 6.00. The Morgan fingerprint density at radius 3 is 2.50 bits per heavy atom. The average molecular weight is 280 g/mol. The van der Waals surface area contributed by atoms with Crippen molar-refractivity contribution >= 4 is 12.0 Å². The van der Waals surface area contributed by atoms with Gasteiger partial charge in [0.2, 0.25) is 0 Å². The maximum absolute atomic E-state index is 12.7. The summed E-state index contributed by atoms with van der Waals surface area (Å²) in [7, 11) is 0. The number of amides is 2. The Hall–Kier alpha value is -1.26. The van der Waals surface area contributed by atoms with Crippen molar-refractivity contribution in [2.24, 2.45) is 11.8 Å². The Bertz CT molecular complexity index is 412. The van der Waals surface area contributed by atoms with Gasteiger partial charge in [0.1, 0.15) is 6.04 Å². The van der Waals surface area contributed by atoms with Crippen molar-refractivity contribution in [1.29, 1.82) is 0 Å². The van der Waals surface area contributed by atoms with E-state index < -0.39 is 12.0 Å². The van der Waals surface area contributed by atoms with Crippen LogP contribution >= 0.6 is 0 Å². The summed E-state index contributed by atoms with van der Waals surface area (Å²) in [6.45, 7) is 3.53. The Kier molecular flexibility index (Phi) is 3.61. The van der Waals surface area contributed by atoms with Crippen LogP contribution in [-0.4, -0.2) is 52.1 Å². The van der Waals surface area contributed by atoms with Crippen LogP contribution in [0.1, 0.15) is 45.4 Å². The number of rotatable bonds is 2. The lowest BCUT2D eigenvalue weighted by Gasteiger charge is -2.40. The molecule has 4 atom stereocenters. The molecule has 0 aromatic heterocycles. The van der Waals surface area contributed by atoms with Crippen molar-refractivity contribution < 1.29 is 14.7 Å². The first kappa shape index (κ1) is 13.7. The van der Waals surface area contributed by atoms with Crippen molar-refractivity contribution in [2.45, 2.75) is 57.5 Å². The van der Waals surface area contributed by atoms with E-state index in [0.717, 1.165) is 32.2 Å². The fourth-order valence-electron chi connectivity index (χ4n) is 4.20. The molecule has 20 heavy (non-hydrogen) atoms. The van der Waals surface area contributed by atoms with Crippen molar-refractivity contribution in [2.75, 3.05) is 13.1 Å². The predicted molar refractivity (Wildman–Crippen MR) is 74.4 cm³/mol. The van der Waals surface area contributed by atoms with E-state index in [0.29, 0.717) is 30.8 Å². The fraction of sp³-hybridized carbons (Fsp3) is 0.867. The normalized spacial score (nSPS) is 36.5. The zero-order valence-corrected chi connectivity index (χ0v) is 12.1. The minimum absolute atomic E-state index is 0.0286. The molecule has 0 aromatic rings. The standard InChI is InChI=1S/C15H24N2O3/c1-2-10-5-6-16(13(8-10)14(18)19)15(20)17-9-11-3-4-12(17)7-11/h10-13H,2-9H2,1H3,(H,18,19).